The Morgan fingerprint density at radius 3 is 3.05 bits per heavy atom. The number of hydrogen-bond donors (Lipinski definition) is 2. The summed E-state index contributed by atoms with van der Waals surface area (Å²) >= 11 is 0. The molecule has 3 N–H and O–H groups in total. The van der Waals surface area contributed by atoms with Gasteiger partial charge < -0.3 is 20.7 Å². The van der Waals surface area contributed by atoms with Crippen LogP contribution in [-0.4, -0.2) is 31.1 Å². The summed E-state index contributed by atoms with van der Waals surface area (Å²) in [6.07, 6.45) is 2.28. The van der Waals surface area contributed by atoms with Crippen LogP contribution in [0.5, 0.6) is 5.75 Å². The number of nitrogen functional groups attached to an aromatic ring is 1. The van der Waals surface area contributed by atoms with Gasteiger partial charge in [-0.2, -0.15) is 0 Å². The summed E-state index contributed by atoms with van der Waals surface area (Å²) in [5, 5.41) is 2.94. The summed E-state index contributed by atoms with van der Waals surface area (Å²) in [5.74, 6) is 1.32. The van der Waals surface area contributed by atoms with Gasteiger partial charge in [0.05, 0.1) is 7.11 Å². The van der Waals surface area contributed by atoms with Crippen molar-refractivity contribution in [2.24, 2.45) is 5.92 Å². The molecule has 20 heavy (non-hydrogen) atoms. The van der Waals surface area contributed by atoms with E-state index in [1.54, 1.807) is 13.2 Å². The van der Waals surface area contributed by atoms with Gasteiger partial charge in [0.25, 0.3) is 0 Å². The lowest BCUT2D eigenvalue weighted by molar-refractivity contribution is 0.169. The molecule has 1 heterocycles. The smallest absolute Gasteiger partial charge is 0.317 e. The number of nitrogens with two attached hydrogens (primary N) is 1. The summed E-state index contributed by atoms with van der Waals surface area (Å²) in [6, 6.07) is 5.43. The molecule has 0 radical (unpaired) electrons. The Morgan fingerprint density at radius 1 is 1.55 bits per heavy atom. The molecule has 0 aliphatic carbocycles. The lowest BCUT2D eigenvalue weighted by atomic mass is 10.0. The molecule has 1 unspecified atom stereocenters. The van der Waals surface area contributed by atoms with Crippen LogP contribution in [0.4, 0.5) is 10.5 Å². The van der Waals surface area contributed by atoms with E-state index >= 15 is 0 Å². The number of benzene rings is 1. The van der Waals surface area contributed by atoms with Crippen molar-refractivity contribution >= 4 is 11.7 Å². The van der Waals surface area contributed by atoms with Crippen LogP contribution in [0, 0.1) is 5.92 Å². The van der Waals surface area contributed by atoms with Crippen molar-refractivity contribution in [1.29, 1.82) is 0 Å². The second-order valence-corrected chi connectivity index (χ2v) is 5.42. The lowest BCUT2D eigenvalue weighted by Gasteiger charge is -2.31. The molecule has 1 saturated heterocycles. The molecule has 2 rings (SSSR count). The first kappa shape index (κ1) is 14.5. The summed E-state index contributed by atoms with van der Waals surface area (Å²) in [6.45, 7) is 4.28. The molecule has 0 spiro atoms. The second kappa shape index (κ2) is 6.50. The number of nitrogens with zero attached hydrogens (tertiary/aromatic N) is 1. The predicted molar refractivity (Wildman–Crippen MR) is 79.6 cm³/mol. The largest absolute Gasteiger partial charge is 0.496 e. The van der Waals surface area contributed by atoms with Crippen molar-refractivity contribution in [3.8, 4) is 5.75 Å². The first-order valence-corrected chi connectivity index (χ1v) is 7.05. The molecule has 0 bridgehead atoms. The molecule has 1 aromatic rings. The molecule has 1 aromatic carbocycles. The van der Waals surface area contributed by atoms with E-state index in [1.807, 2.05) is 17.0 Å². The number of ether oxygens (including phenoxy) is 1. The van der Waals surface area contributed by atoms with E-state index in [-0.39, 0.29) is 6.03 Å². The normalized spacial score (nSPS) is 18.7. The molecule has 0 saturated carbocycles. The Balaban J connectivity index is 1.94. The van der Waals surface area contributed by atoms with Crippen LogP contribution in [-0.2, 0) is 6.54 Å². The molecule has 1 aliphatic heterocycles. The van der Waals surface area contributed by atoms with Crippen LogP contribution < -0.4 is 15.8 Å². The maximum Gasteiger partial charge on any atom is 0.317 e. The Hall–Kier alpha value is -1.91. The van der Waals surface area contributed by atoms with E-state index in [2.05, 4.69) is 12.2 Å². The van der Waals surface area contributed by atoms with Gasteiger partial charge in [0, 0.05) is 30.9 Å². The molecule has 0 aromatic heterocycles. The van der Waals surface area contributed by atoms with Gasteiger partial charge in [-0.1, -0.05) is 6.92 Å². The number of carbonyl (C=O) groups is 1. The SMILES string of the molecule is COc1ccc(N)cc1CNC(=O)N1CCCC(C)C1. The summed E-state index contributed by atoms with van der Waals surface area (Å²) in [7, 11) is 1.61. The molecule has 5 heteroatoms. The van der Waals surface area contributed by atoms with Gasteiger partial charge in [-0.05, 0) is 37.0 Å². The van der Waals surface area contributed by atoms with Crippen LogP contribution in [0.3, 0.4) is 0 Å². The number of amides is 2. The molecule has 1 atom stereocenters. The van der Waals surface area contributed by atoms with Crippen LogP contribution in [0.2, 0.25) is 0 Å². The van der Waals surface area contributed by atoms with Gasteiger partial charge >= 0.3 is 6.03 Å². The van der Waals surface area contributed by atoms with Crippen LogP contribution in [0.1, 0.15) is 25.3 Å². The Labute approximate surface area is 120 Å². The number of methoxy groups -OCH3 is 1. The third kappa shape index (κ3) is 3.56. The number of nitrogens with one attached hydrogen (secondary N) is 1. The third-order valence-corrected chi connectivity index (χ3v) is 3.68. The van der Waals surface area contributed by atoms with E-state index in [0.717, 1.165) is 30.8 Å². The number of piperidine rings is 1. The highest BCUT2D eigenvalue weighted by molar-refractivity contribution is 5.74. The van der Waals surface area contributed by atoms with Crippen LogP contribution in [0.15, 0.2) is 18.2 Å². The maximum absolute atomic E-state index is 12.1. The van der Waals surface area contributed by atoms with Gasteiger partial charge in [-0.25, -0.2) is 4.79 Å². The number of carbonyl (C=O) groups excluding carboxylic acids is 1. The highest BCUT2D eigenvalue weighted by Gasteiger charge is 2.20. The number of rotatable bonds is 3. The fraction of sp³-hybridized carbons (Fsp3) is 0.533. The fourth-order valence-corrected chi connectivity index (χ4v) is 2.59. The average molecular weight is 277 g/mol. The monoisotopic (exact) mass is 277 g/mol. The minimum atomic E-state index is -0.0129. The van der Waals surface area contributed by atoms with Crippen molar-refractivity contribution in [2.45, 2.75) is 26.3 Å². The van der Waals surface area contributed by atoms with E-state index in [4.69, 9.17) is 10.5 Å². The Kier molecular flexibility index (Phi) is 4.71. The molecule has 110 valence electrons. The molecule has 5 nitrogen and oxygen atoms in total. The van der Waals surface area contributed by atoms with Gasteiger partial charge in [0.2, 0.25) is 0 Å². The van der Waals surface area contributed by atoms with E-state index in [1.165, 1.54) is 6.42 Å². The van der Waals surface area contributed by atoms with E-state index < -0.39 is 0 Å². The summed E-state index contributed by atoms with van der Waals surface area (Å²) < 4.78 is 5.27. The standard InChI is InChI=1S/C15H23N3O2/c1-11-4-3-7-18(10-11)15(19)17-9-12-8-13(16)5-6-14(12)20-2/h5-6,8,11H,3-4,7,9-10,16H2,1-2H3,(H,17,19). The first-order chi connectivity index (χ1) is 9.60. The highest BCUT2D eigenvalue weighted by atomic mass is 16.5. The van der Waals surface area contributed by atoms with E-state index in [9.17, 15) is 4.79 Å². The minimum absolute atomic E-state index is 0.0129. The topological polar surface area (TPSA) is 67.6 Å². The van der Waals surface area contributed by atoms with E-state index in [0.29, 0.717) is 18.2 Å². The highest BCUT2D eigenvalue weighted by Crippen LogP contribution is 2.21. The van der Waals surface area contributed by atoms with Crippen molar-refractivity contribution in [3.05, 3.63) is 23.8 Å². The zero-order valence-electron chi connectivity index (χ0n) is 12.2. The third-order valence-electron chi connectivity index (χ3n) is 3.68. The molecular formula is C15H23N3O2. The molecular weight excluding hydrogens is 254 g/mol. The Morgan fingerprint density at radius 2 is 2.35 bits per heavy atom. The number of likely N-dealkylation sites (tertiary alicyclic amines) is 1. The van der Waals surface area contributed by atoms with Crippen molar-refractivity contribution in [3.63, 3.8) is 0 Å². The Bertz CT molecular complexity index is 476. The number of anilines is 1. The maximum atomic E-state index is 12.1. The van der Waals surface area contributed by atoms with Crippen molar-refractivity contribution < 1.29 is 9.53 Å². The van der Waals surface area contributed by atoms with Crippen LogP contribution >= 0.6 is 0 Å². The average Bonchev–Trinajstić information content (AvgIpc) is 2.45. The number of hydrogen-bond acceptors (Lipinski definition) is 3. The zero-order valence-corrected chi connectivity index (χ0v) is 12.2. The summed E-state index contributed by atoms with van der Waals surface area (Å²) in [4.78, 5) is 14.0. The molecule has 1 aliphatic rings. The van der Waals surface area contributed by atoms with Crippen LogP contribution in [0.25, 0.3) is 0 Å². The fourth-order valence-electron chi connectivity index (χ4n) is 2.59. The van der Waals surface area contributed by atoms with Gasteiger partial charge in [0.1, 0.15) is 5.75 Å². The second-order valence-electron chi connectivity index (χ2n) is 5.42. The van der Waals surface area contributed by atoms with Gasteiger partial charge in [-0.3, -0.25) is 0 Å². The van der Waals surface area contributed by atoms with Gasteiger partial charge in [0.15, 0.2) is 0 Å². The first-order valence-electron chi connectivity index (χ1n) is 7.05. The quantitative estimate of drug-likeness (QED) is 0.832. The minimum Gasteiger partial charge on any atom is -0.496 e. The van der Waals surface area contributed by atoms with Crippen molar-refractivity contribution in [2.75, 3.05) is 25.9 Å². The predicted octanol–water partition coefficient (Wildman–Crippen LogP) is 2.22. The molecule has 1 fully saturated rings. The lowest BCUT2D eigenvalue weighted by Crippen LogP contribution is -2.44. The summed E-state index contributed by atoms with van der Waals surface area (Å²) in [5.41, 5.74) is 7.33. The van der Waals surface area contributed by atoms with Gasteiger partial charge in [-0.15, -0.1) is 0 Å². The molecule has 2 amide bonds. The van der Waals surface area contributed by atoms with Crippen molar-refractivity contribution in [1.82, 2.24) is 10.2 Å². The zero-order chi connectivity index (χ0) is 14.5. The number of urea groups is 1.